The van der Waals surface area contributed by atoms with Crippen LogP contribution in [0.2, 0.25) is 0 Å². The summed E-state index contributed by atoms with van der Waals surface area (Å²) in [6, 6.07) is -0.0412. The number of aliphatic hydroxyl groups is 1. The van der Waals surface area contributed by atoms with Crippen molar-refractivity contribution in [3.63, 3.8) is 0 Å². The van der Waals surface area contributed by atoms with Crippen molar-refractivity contribution < 1.29 is 19.3 Å². The van der Waals surface area contributed by atoms with E-state index in [0.29, 0.717) is 6.61 Å². The zero-order valence-corrected chi connectivity index (χ0v) is 9.18. The van der Waals surface area contributed by atoms with Gasteiger partial charge in [-0.25, -0.2) is 0 Å². The molecule has 88 valence electrons. The Morgan fingerprint density at radius 2 is 2.07 bits per heavy atom. The average molecular weight is 217 g/mol. The van der Waals surface area contributed by atoms with Crippen LogP contribution in [0.4, 0.5) is 0 Å². The van der Waals surface area contributed by atoms with Gasteiger partial charge >= 0.3 is 0 Å². The molecule has 2 aliphatic rings. The van der Waals surface area contributed by atoms with Crippen LogP contribution in [0.3, 0.4) is 0 Å². The van der Waals surface area contributed by atoms with E-state index in [1.165, 1.54) is 0 Å². The zero-order valence-electron chi connectivity index (χ0n) is 9.18. The molecule has 0 aromatic heterocycles. The van der Waals surface area contributed by atoms with Crippen LogP contribution in [0, 0.1) is 0 Å². The fourth-order valence-corrected chi connectivity index (χ4v) is 2.34. The number of fused-ring (bicyclic) bond motifs is 1. The second kappa shape index (κ2) is 3.99. The first-order valence-electron chi connectivity index (χ1n) is 5.37. The molecule has 0 bridgehead atoms. The summed E-state index contributed by atoms with van der Waals surface area (Å²) in [6.45, 7) is 4.10. The van der Waals surface area contributed by atoms with Crippen molar-refractivity contribution in [1.82, 2.24) is 0 Å². The van der Waals surface area contributed by atoms with Crippen molar-refractivity contribution >= 4 is 0 Å². The van der Waals surface area contributed by atoms with Gasteiger partial charge in [0.05, 0.1) is 19.3 Å². The lowest BCUT2D eigenvalue weighted by Gasteiger charge is -2.22. The van der Waals surface area contributed by atoms with Gasteiger partial charge in [0, 0.05) is 6.04 Å². The molecule has 0 aromatic rings. The first-order chi connectivity index (χ1) is 7.03. The first-order valence-corrected chi connectivity index (χ1v) is 5.37. The van der Waals surface area contributed by atoms with E-state index in [1.54, 1.807) is 0 Å². The number of hydrogen-bond donors (Lipinski definition) is 2. The molecule has 2 fully saturated rings. The van der Waals surface area contributed by atoms with E-state index in [9.17, 15) is 0 Å². The van der Waals surface area contributed by atoms with Crippen LogP contribution >= 0.6 is 0 Å². The van der Waals surface area contributed by atoms with Crippen LogP contribution < -0.4 is 5.73 Å². The largest absolute Gasteiger partial charge is 0.394 e. The van der Waals surface area contributed by atoms with Crippen molar-refractivity contribution in [1.29, 1.82) is 0 Å². The Labute approximate surface area is 89.5 Å². The van der Waals surface area contributed by atoms with E-state index in [0.717, 1.165) is 6.42 Å². The molecular formula is C10H19NO4. The lowest BCUT2D eigenvalue weighted by Crippen LogP contribution is -2.35. The molecule has 1 saturated carbocycles. The summed E-state index contributed by atoms with van der Waals surface area (Å²) in [4.78, 5) is 0. The molecule has 1 unspecified atom stereocenters. The summed E-state index contributed by atoms with van der Waals surface area (Å²) in [5.41, 5.74) is 5.96. The zero-order chi connectivity index (χ0) is 11.1. The lowest BCUT2D eigenvalue weighted by molar-refractivity contribution is -0.168. The molecule has 0 aromatic carbocycles. The molecule has 1 aliphatic carbocycles. The van der Waals surface area contributed by atoms with Crippen molar-refractivity contribution in [2.45, 2.75) is 50.4 Å². The molecule has 4 atom stereocenters. The third-order valence-electron chi connectivity index (χ3n) is 2.88. The topological polar surface area (TPSA) is 73.9 Å². The van der Waals surface area contributed by atoms with Crippen molar-refractivity contribution in [3.8, 4) is 0 Å². The van der Waals surface area contributed by atoms with Gasteiger partial charge in [-0.2, -0.15) is 0 Å². The highest BCUT2D eigenvalue weighted by Crippen LogP contribution is 2.38. The number of rotatable bonds is 3. The number of hydrogen-bond acceptors (Lipinski definition) is 5. The van der Waals surface area contributed by atoms with Crippen molar-refractivity contribution in [2.24, 2.45) is 5.73 Å². The Kier molecular flexibility index (Phi) is 3.00. The van der Waals surface area contributed by atoms with Gasteiger partial charge in [0.1, 0.15) is 12.2 Å². The van der Waals surface area contributed by atoms with Crippen LogP contribution in [0.5, 0.6) is 0 Å². The van der Waals surface area contributed by atoms with Crippen LogP contribution in [-0.2, 0) is 14.2 Å². The van der Waals surface area contributed by atoms with Gasteiger partial charge < -0.3 is 25.1 Å². The van der Waals surface area contributed by atoms with Gasteiger partial charge in [0.15, 0.2) is 5.79 Å². The molecule has 1 saturated heterocycles. The average Bonchev–Trinajstić information content (AvgIpc) is 2.60. The highest BCUT2D eigenvalue weighted by atomic mass is 16.8. The number of nitrogens with two attached hydrogens (primary N) is 1. The number of ether oxygens (including phenoxy) is 3. The Morgan fingerprint density at radius 3 is 2.73 bits per heavy atom. The molecule has 5 nitrogen and oxygen atoms in total. The molecule has 0 spiro atoms. The molecule has 3 N–H and O–H groups in total. The maximum atomic E-state index is 8.71. The smallest absolute Gasteiger partial charge is 0.163 e. The minimum Gasteiger partial charge on any atom is -0.394 e. The Hall–Kier alpha value is -0.200. The van der Waals surface area contributed by atoms with Gasteiger partial charge in [-0.05, 0) is 20.3 Å². The highest BCUT2D eigenvalue weighted by molar-refractivity contribution is 5.01. The summed E-state index contributed by atoms with van der Waals surface area (Å²) in [5, 5.41) is 8.71. The summed E-state index contributed by atoms with van der Waals surface area (Å²) in [6.07, 6.45) is 0.495. The molecule has 1 aliphatic heterocycles. The second-order valence-electron chi connectivity index (χ2n) is 4.60. The summed E-state index contributed by atoms with van der Waals surface area (Å²) >= 11 is 0. The number of aliphatic hydroxyl groups excluding tert-OH is 1. The third-order valence-corrected chi connectivity index (χ3v) is 2.88. The molecule has 15 heavy (non-hydrogen) atoms. The quantitative estimate of drug-likeness (QED) is 0.674. The van der Waals surface area contributed by atoms with Crippen LogP contribution in [0.1, 0.15) is 20.3 Å². The Morgan fingerprint density at radius 1 is 1.40 bits per heavy atom. The maximum absolute atomic E-state index is 8.71. The molecule has 1 heterocycles. The van der Waals surface area contributed by atoms with Crippen molar-refractivity contribution in [3.05, 3.63) is 0 Å². The van der Waals surface area contributed by atoms with Gasteiger partial charge in [0.2, 0.25) is 0 Å². The highest BCUT2D eigenvalue weighted by Gasteiger charge is 2.53. The van der Waals surface area contributed by atoms with E-state index in [1.807, 2.05) is 13.8 Å². The minimum atomic E-state index is -0.575. The predicted molar refractivity (Wildman–Crippen MR) is 53.2 cm³/mol. The van der Waals surface area contributed by atoms with E-state index < -0.39 is 5.79 Å². The van der Waals surface area contributed by atoms with Crippen molar-refractivity contribution in [2.75, 3.05) is 13.2 Å². The minimum absolute atomic E-state index is 0.0212. The second-order valence-corrected chi connectivity index (χ2v) is 4.60. The van der Waals surface area contributed by atoms with Crippen LogP contribution in [0.25, 0.3) is 0 Å². The normalized spacial score (nSPS) is 43.2. The standard InChI is InChI=1S/C10H19NO4/c1-10(2)14-8-6(11)5-7(9(8)15-10)13-4-3-12/h6-9,12H,3-5,11H2,1-2H3/t6?,7-,8-,9+/m0/s1. The molecule has 0 radical (unpaired) electrons. The van der Waals surface area contributed by atoms with Gasteiger partial charge in [0.25, 0.3) is 0 Å². The molecule has 5 heteroatoms. The maximum Gasteiger partial charge on any atom is 0.163 e. The first kappa shape index (κ1) is 11.3. The lowest BCUT2D eigenvalue weighted by atomic mass is 10.2. The Bertz CT molecular complexity index is 233. The van der Waals surface area contributed by atoms with E-state index in [2.05, 4.69) is 0 Å². The molecule has 0 amide bonds. The van der Waals surface area contributed by atoms with Gasteiger partial charge in [-0.15, -0.1) is 0 Å². The summed E-state index contributed by atoms with van der Waals surface area (Å²) in [7, 11) is 0. The SMILES string of the molecule is CC1(C)O[C@@H]2[C@@H](OCCO)CC(N)[C@@H]2O1. The summed E-state index contributed by atoms with van der Waals surface area (Å²) in [5.74, 6) is -0.575. The molecule has 2 rings (SSSR count). The fourth-order valence-electron chi connectivity index (χ4n) is 2.34. The predicted octanol–water partition coefficient (Wildman–Crippen LogP) is -0.385. The van der Waals surface area contributed by atoms with E-state index in [4.69, 9.17) is 25.1 Å². The van der Waals surface area contributed by atoms with Crippen LogP contribution in [-0.4, -0.2) is 48.5 Å². The summed E-state index contributed by atoms with van der Waals surface area (Å²) < 4.78 is 16.9. The monoisotopic (exact) mass is 217 g/mol. The van der Waals surface area contributed by atoms with Crippen LogP contribution in [0.15, 0.2) is 0 Å². The third kappa shape index (κ3) is 2.16. The van der Waals surface area contributed by atoms with E-state index >= 15 is 0 Å². The Balaban J connectivity index is 1.99. The fraction of sp³-hybridized carbons (Fsp3) is 1.00. The molecular weight excluding hydrogens is 198 g/mol. The van der Waals surface area contributed by atoms with Gasteiger partial charge in [-0.1, -0.05) is 0 Å². The van der Waals surface area contributed by atoms with E-state index in [-0.39, 0.29) is 31.0 Å². The van der Waals surface area contributed by atoms with Gasteiger partial charge in [-0.3, -0.25) is 0 Å².